The Hall–Kier alpha value is -3.55. The van der Waals surface area contributed by atoms with E-state index in [-0.39, 0.29) is 12.2 Å². The van der Waals surface area contributed by atoms with Gasteiger partial charge in [-0.3, -0.25) is 4.79 Å². The van der Waals surface area contributed by atoms with Crippen LogP contribution >= 0.6 is 0 Å². The molecule has 1 saturated heterocycles. The van der Waals surface area contributed by atoms with Gasteiger partial charge in [0.05, 0.1) is 25.9 Å². The highest BCUT2D eigenvalue weighted by Gasteiger charge is 2.27. The first-order valence-corrected chi connectivity index (χ1v) is 9.78. The van der Waals surface area contributed by atoms with Gasteiger partial charge in [0.15, 0.2) is 0 Å². The Balaban J connectivity index is 1.73. The van der Waals surface area contributed by atoms with Crippen LogP contribution in [-0.2, 0) is 20.8 Å². The summed E-state index contributed by atoms with van der Waals surface area (Å²) in [5, 5.41) is 0. The molecule has 0 spiro atoms. The Morgan fingerprint density at radius 2 is 1.81 bits per heavy atom. The third-order valence-corrected chi connectivity index (χ3v) is 4.86. The summed E-state index contributed by atoms with van der Waals surface area (Å²) in [4.78, 5) is 28.8. The fourth-order valence-corrected chi connectivity index (χ4v) is 3.33. The van der Waals surface area contributed by atoms with E-state index in [4.69, 9.17) is 18.9 Å². The van der Waals surface area contributed by atoms with Crippen molar-refractivity contribution >= 4 is 12.3 Å². The predicted octanol–water partition coefficient (Wildman–Crippen LogP) is 3.97. The van der Waals surface area contributed by atoms with Crippen molar-refractivity contribution in [1.29, 1.82) is 0 Å². The minimum atomic E-state index is -0.677. The number of hydrogen-bond acceptors (Lipinski definition) is 7. The first-order chi connectivity index (χ1) is 15.2. The van der Waals surface area contributed by atoms with Crippen molar-refractivity contribution in [3.8, 4) is 17.0 Å². The first kappa shape index (κ1) is 20.7. The quantitative estimate of drug-likeness (QED) is 0.423. The van der Waals surface area contributed by atoms with Crippen LogP contribution in [-0.4, -0.2) is 37.6 Å². The summed E-state index contributed by atoms with van der Waals surface area (Å²) in [5.74, 6) is -0.145. The molecule has 0 unspecified atom stereocenters. The van der Waals surface area contributed by atoms with Gasteiger partial charge in [0.2, 0.25) is 12.2 Å². The highest BCUT2D eigenvalue weighted by molar-refractivity contribution is 5.99. The maximum atomic E-state index is 13.0. The number of carbonyl (C=O) groups is 2. The van der Waals surface area contributed by atoms with E-state index in [1.807, 2.05) is 30.3 Å². The van der Waals surface area contributed by atoms with Crippen LogP contribution in [0.4, 0.5) is 0 Å². The maximum Gasteiger partial charge on any atom is 0.339 e. The molecule has 1 aromatic heterocycles. The Morgan fingerprint density at radius 3 is 2.52 bits per heavy atom. The maximum absolute atomic E-state index is 13.0. The third-order valence-electron chi connectivity index (χ3n) is 4.86. The summed E-state index contributed by atoms with van der Waals surface area (Å²) >= 11 is 0. The average molecular weight is 419 g/mol. The molecule has 2 heterocycles. The summed E-state index contributed by atoms with van der Waals surface area (Å²) in [7, 11) is 1.52. The zero-order chi connectivity index (χ0) is 21.6. The number of esters is 1. The number of nitrogens with zero attached hydrogens (tertiary/aromatic N) is 1. The standard InChI is InChI=1S/C24H21NO6/c1-28-21-10-9-19(22(25-21)24-29-11-12-30-24)18-8-7-17(14-26)13-20(18)23(27)31-15-16-5-3-2-4-6-16/h2-10,13-14,24H,11-12,15H2,1H3. The molecule has 0 saturated carbocycles. The molecule has 158 valence electrons. The van der Waals surface area contributed by atoms with Crippen LogP contribution in [0.5, 0.6) is 5.88 Å². The Morgan fingerprint density at radius 1 is 1.06 bits per heavy atom. The summed E-state index contributed by atoms with van der Waals surface area (Å²) < 4.78 is 22.0. The smallest absolute Gasteiger partial charge is 0.339 e. The Bertz CT molecular complexity index is 1080. The van der Waals surface area contributed by atoms with E-state index >= 15 is 0 Å². The second-order valence-corrected chi connectivity index (χ2v) is 6.84. The number of rotatable bonds is 7. The Labute approximate surface area is 179 Å². The van der Waals surface area contributed by atoms with Crippen LogP contribution < -0.4 is 4.74 Å². The van der Waals surface area contributed by atoms with Gasteiger partial charge in [0.1, 0.15) is 18.6 Å². The largest absolute Gasteiger partial charge is 0.481 e. The van der Waals surface area contributed by atoms with Gasteiger partial charge < -0.3 is 18.9 Å². The topological polar surface area (TPSA) is 84.0 Å². The van der Waals surface area contributed by atoms with E-state index in [9.17, 15) is 9.59 Å². The van der Waals surface area contributed by atoms with Crippen LogP contribution in [0.2, 0.25) is 0 Å². The minimum absolute atomic E-state index is 0.118. The monoisotopic (exact) mass is 419 g/mol. The number of pyridine rings is 1. The number of benzene rings is 2. The lowest BCUT2D eigenvalue weighted by Gasteiger charge is -2.17. The van der Waals surface area contributed by atoms with Crippen molar-refractivity contribution in [2.24, 2.45) is 0 Å². The van der Waals surface area contributed by atoms with Gasteiger partial charge in [0, 0.05) is 17.2 Å². The molecule has 0 atom stereocenters. The number of ether oxygens (including phenoxy) is 4. The molecule has 0 radical (unpaired) electrons. The zero-order valence-electron chi connectivity index (χ0n) is 16.9. The van der Waals surface area contributed by atoms with Gasteiger partial charge in [-0.25, -0.2) is 9.78 Å². The molecule has 7 nitrogen and oxygen atoms in total. The van der Waals surface area contributed by atoms with E-state index in [1.165, 1.54) is 13.2 Å². The molecule has 0 amide bonds. The van der Waals surface area contributed by atoms with Crippen molar-refractivity contribution in [2.45, 2.75) is 12.9 Å². The lowest BCUT2D eigenvalue weighted by molar-refractivity contribution is -0.0471. The lowest BCUT2D eigenvalue weighted by Crippen LogP contribution is -2.10. The molecule has 0 N–H and O–H groups in total. The highest BCUT2D eigenvalue weighted by atomic mass is 16.7. The zero-order valence-corrected chi connectivity index (χ0v) is 16.9. The van der Waals surface area contributed by atoms with Crippen LogP contribution in [0.25, 0.3) is 11.1 Å². The van der Waals surface area contributed by atoms with Gasteiger partial charge in [-0.15, -0.1) is 0 Å². The fourth-order valence-electron chi connectivity index (χ4n) is 3.33. The molecular formula is C24H21NO6. The molecule has 0 bridgehead atoms. The number of aldehydes is 1. The highest BCUT2D eigenvalue weighted by Crippen LogP contribution is 2.35. The van der Waals surface area contributed by atoms with Gasteiger partial charge in [-0.1, -0.05) is 42.5 Å². The number of hydrogen-bond donors (Lipinski definition) is 0. The van der Waals surface area contributed by atoms with Crippen LogP contribution in [0.3, 0.4) is 0 Å². The average Bonchev–Trinajstić information content (AvgIpc) is 3.37. The number of aromatic nitrogens is 1. The normalized spacial score (nSPS) is 13.7. The van der Waals surface area contributed by atoms with E-state index in [1.54, 1.807) is 24.3 Å². The molecule has 1 fully saturated rings. The molecule has 4 rings (SSSR count). The van der Waals surface area contributed by atoms with Crippen LogP contribution in [0, 0.1) is 0 Å². The van der Waals surface area contributed by atoms with Gasteiger partial charge in [-0.2, -0.15) is 0 Å². The van der Waals surface area contributed by atoms with Crippen molar-refractivity contribution in [1.82, 2.24) is 4.98 Å². The summed E-state index contributed by atoms with van der Waals surface area (Å²) in [6, 6.07) is 17.7. The predicted molar refractivity (Wildman–Crippen MR) is 112 cm³/mol. The van der Waals surface area contributed by atoms with E-state index in [0.29, 0.717) is 47.8 Å². The van der Waals surface area contributed by atoms with E-state index < -0.39 is 12.3 Å². The number of carbonyl (C=O) groups excluding carboxylic acids is 2. The Kier molecular flexibility index (Phi) is 6.35. The molecule has 3 aromatic rings. The van der Waals surface area contributed by atoms with Crippen LogP contribution in [0.15, 0.2) is 60.7 Å². The lowest BCUT2D eigenvalue weighted by atomic mass is 9.96. The van der Waals surface area contributed by atoms with Gasteiger partial charge in [-0.05, 0) is 23.3 Å². The second kappa shape index (κ2) is 9.51. The van der Waals surface area contributed by atoms with Crippen molar-refractivity contribution in [3.05, 3.63) is 83.0 Å². The van der Waals surface area contributed by atoms with Gasteiger partial charge >= 0.3 is 5.97 Å². The summed E-state index contributed by atoms with van der Waals surface area (Å²) in [6.07, 6.45) is 0.0118. The van der Waals surface area contributed by atoms with Crippen molar-refractivity contribution < 1.29 is 28.5 Å². The summed E-state index contributed by atoms with van der Waals surface area (Å²) in [5.41, 5.74) is 3.18. The SMILES string of the molecule is COc1ccc(-c2ccc(C=O)cc2C(=O)OCc2ccccc2)c(C2OCCO2)n1. The summed E-state index contributed by atoms with van der Waals surface area (Å²) in [6.45, 7) is 1.01. The molecular weight excluding hydrogens is 398 g/mol. The first-order valence-electron chi connectivity index (χ1n) is 9.78. The van der Waals surface area contributed by atoms with Crippen molar-refractivity contribution in [2.75, 3.05) is 20.3 Å². The molecule has 7 heteroatoms. The molecule has 2 aromatic carbocycles. The molecule has 1 aliphatic rings. The third kappa shape index (κ3) is 4.63. The van der Waals surface area contributed by atoms with E-state index in [0.717, 1.165) is 5.56 Å². The molecule has 31 heavy (non-hydrogen) atoms. The van der Waals surface area contributed by atoms with Gasteiger partial charge in [0.25, 0.3) is 0 Å². The fraction of sp³-hybridized carbons (Fsp3) is 0.208. The minimum Gasteiger partial charge on any atom is -0.481 e. The molecule has 1 aliphatic heterocycles. The number of methoxy groups -OCH3 is 1. The van der Waals surface area contributed by atoms with Crippen LogP contribution in [0.1, 0.15) is 38.3 Å². The molecule has 0 aliphatic carbocycles. The second-order valence-electron chi connectivity index (χ2n) is 6.84. The van der Waals surface area contributed by atoms with E-state index in [2.05, 4.69) is 4.98 Å². The van der Waals surface area contributed by atoms with Crippen molar-refractivity contribution in [3.63, 3.8) is 0 Å².